The van der Waals surface area contributed by atoms with E-state index in [4.69, 9.17) is 10.3 Å². The lowest BCUT2D eigenvalue weighted by molar-refractivity contribution is 0.0904. The third-order valence-corrected chi connectivity index (χ3v) is 5.21. The fourth-order valence-corrected chi connectivity index (χ4v) is 3.62. The molecule has 1 amide bonds. The van der Waals surface area contributed by atoms with Crippen LogP contribution < -0.4 is 11.1 Å². The summed E-state index contributed by atoms with van der Waals surface area (Å²) in [4.78, 5) is 17.5. The molecule has 0 bridgehead atoms. The first kappa shape index (κ1) is 14.6. The Morgan fingerprint density at radius 3 is 2.83 bits per heavy atom. The van der Waals surface area contributed by atoms with Crippen molar-refractivity contribution in [1.29, 1.82) is 0 Å². The number of amides is 1. The molecule has 122 valence electrons. The van der Waals surface area contributed by atoms with Crippen LogP contribution in [0.2, 0.25) is 0 Å². The monoisotopic (exact) mass is 314 g/mol. The average molecular weight is 314 g/mol. The molecule has 3 N–H and O–H groups in total. The van der Waals surface area contributed by atoms with Crippen molar-refractivity contribution in [3.05, 3.63) is 23.0 Å². The molecule has 0 saturated heterocycles. The van der Waals surface area contributed by atoms with Crippen molar-refractivity contribution >= 4 is 17.0 Å². The number of nitrogens with zero attached hydrogens (tertiary/aromatic N) is 2. The van der Waals surface area contributed by atoms with E-state index in [1.165, 1.54) is 0 Å². The summed E-state index contributed by atoms with van der Waals surface area (Å²) in [7, 11) is 0. The van der Waals surface area contributed by atoms with Crippen LogP contribution in [0, 0.1) is 6.92 Å². The van der Waals surface area contributed by atoms with E-state index in [1.807, 2.05) is 13.0 Å². The summed E-state index contributed by atoms with van der Waals surface area (Å²) in [5.74, 6) is 0.365. The molecule has 0 radical (unpaired) electrons. The number of rotatable bonds is 4. The minimum Gasteiger partial charge on any atom is -0.345 e. The molecule has 0 atom stereocenters. The number of pyridine rings is 1. The van der Waals surface area contributed by atoms with Gasteiger partial charge < -0.3 is 15.6 Å². The molecule has 0 spiro atoms. The van der Waals surface area contributed by atoms with Crippen molar-refractivity contribution in [1.82, 2.24) is 15.5 Å². The highest BCUT2D eigenvalue weighted by Gasteiger charge is 2.35. The minimum absolute atomic E-state index is 0.0852. The maximum absolute atomic E-state index is 13.0. The Balaban J connectivity index is 1.74. The van der Waals surface area contributed by atoms with Gasteiger partial charge in [-0.05, 0) is 38.7 Å². The second-order valence-corrected chi connectivity index (χ2v) is 6.96. The van der Waals surface area contributed by atoms with E-state index in [9.17, 15) is 4.79 Å². The van der Waals surface area contributed by atoms with E-state index in [-0.39, 0.29) is 11.4 Å². The highest BCUT2D eigenvalue weighted by molar-refractivity contribution is 6.06. The Morgan fingerprint density at radius 1 is 1.43 bits per heavy atom. The van der Waals surface area contributed by atoms with Crippen molar-refractivity contribution in [2.45, 2.75) is 56.9 Å². The Hall–Kier alpha value is -1.95. The number of aromatic nitrogens is 2. The van der Waals surface area contributed by atoms with Crippen LogP contribution in [-0.4, -0.2) is 28.1 Å². The summed E-state index contributed by atoms with van der Waals surface area (Å²) in [6.45, 7) is 2.32. The van der Waals surface area contributed by atoms with Crippen molar-refractivity contribution in [3.8, 4) is 0 Å². The predicted molar refractivity (Wildman–Crippen MR) is 86.2 cm³/mol. The third-order valence-electron chi connectivity index (χ3n) is 5.21. The molecule has 2 saturated carbocycles. The van der Waals surface area contributed by atoms with E-state index in [2.05, 4.69) is 15.5 Å². The Labute approximate surface area is 134 Å². The second-order valence-electron chi connectivity index (χ2n) is 6.96. The average Bonchev–Trinajstić information content (AvgIpc) is 3.20. The summed E-state index contributed by atoms with van der Waals surface area (Å²) in [6, 6.07) is 1.92. The van der Waals surface area contributed by atoms with Crippen LogP contribution in [0.4, 0.5) is 0 Å². The quantitative estimate of drug-likeness (QED) is 0.903. The highest BCUT2D eigenvalue weighted by Crippen LogP contribution is 2.40. The van der Waals surface area contributed by atoms with Gasteiger partial charge in [-0.1, -0.05) is 18.0 Å². The number of aryl methyl sites for hydroxylation is 1. The summed E-state index contributed by atoms with van der Waals surface area (Å²) >= 11 is 0. The molecule has 2 aliphatic rings. The molecule has 4 rings (SSSR count). The van der Waals surface area contributed by atoms with Gasteiger partial charge in [0.05, 0.1) is 22.2 Å². The van der Waals surface area contributed by atoms with Crippen molar-refractivity contribution in [2.75, 3.05) is 6.54 Å². The fraction of sp³-hybridized carbons (Fsp3) is 0.588. The van der Waals surface area contributed by atoms with E-state index in [0.717, 1.165) is 49.6 Å². The van der Waals surface area contributed by atoms with Gasteiger partial charge in [0.15, 0.2) is 0 Å². The van der Waals surface area contributed by atoms with E-state index >= 15 is 0 Å². The Bertz CT molecular complexity index is 757. The molecule has 2 aliphatic carbocycles. The molecule has 6 heteroatoms. The molecule has 6 nitrogen and oxygen atoms in total. The molecule has 2 heterocycles. The lowest BCUT2D eigenvalue weighted by Crippen LogP contribution is -2.51. The largest absolute Gasteiger partial charge is 0.345 e. The molecular formula is C17H22N4O2. The summed E-state index contributed by atoms with van der Waals surface area (Å²) in [5, 5.41) is 7.90. The van der Waals surface area contributed by atoms with Gasteiger partial charge in [0.25, 0.3) is 11.6 Å². The number of fused-ring (bicyclic) bond motifs is 1. The van der Waals surface area contributed by atoms with Crippen molar-refractivity contribution in [2.24, 2.45) is 5.73 Å². The van der Waals surface area contributed by atoms with E-state index in [0.29, 0.717) is 29.4 Å². The maximum atomic E-state index is 13.0. The highest BCUT2D eigenvalue weighted by atomic mass is 16.5. The summed E-state index contributed by atoms with van der Waals surface area (Å²) in [6.07, 6.45) is 6.37. The summed E-state index contributed by atoms with van der Waals surface area (Å²) < 4.78 is 5.31. The SMILES string of the molecule is Cc1noc2nc(C3CC3)cc(C(=O)NC3(CN)CCCC3)c12. The predicted octanol–water partition coefficient (Wildman–Crippen LogP) is 2.41. The van der Waals surface area contributed by atoms with Gasteiger partial charge >= 0.3 is 0 Å². The number of carbonyl (C=O) groups excluding carboxylic acids is 1. The molecule has 0 unspecified atom stereocenters. The lowest BCUT2D eigenvalue weighted by atomic mass is 9.96. The minimum atomic E-state index is -0.266. The van der Waals surface area contributed by atoms with Gasteiger partial charge in [-0.25, -0.2) is 4.98 Å². The number of carbonyl (C=O) groups is 1. The number of hydrogen-bond acceptors (Lipinski definition) is 5. The van der Waals surface area contributed by atoms with Crippen LogP contribution >= 0.6 is 0 Å². The maximum Gasteiger partial charge on any atom is 0.259 e. The first-order chi connectivity index (χ1) is 11.1. The molecule has 2 fully saturated rings. The van der Waals surface area contributed by atoms with Crippen LogP contribution in [0.5, 0.6) is 0 Å². The number of nitrogens with two attached hydrogens (primary N) is 1. The normalized spacial score (nSPS) is 20.1. The van der Waals surface area contributed by atoms with Gasteiger partial charge in [0, 0.05) is 18.2 Å². The zero-order chi connectivity index (χ0) is 16.0. The molecule has 2 aromatic heterocycles. The second kappa shape index (κ2) is 5.30. The van der Waals surface area contributed by atoms with Gasteiger partial charge in [-0.3, -0.25) is 4.79 Å². The van der Waals surface area contributed by atoms with Crippen LogP contribution in [-0.2, 0) is 0 Å². The van der Waals surface area contributed by atoms with Gasteiger partial charge in [0.1, 0.15) is 0 Å². The topological polar surface area (TPSA) is 94.0 Å². The molecule has 0 aliphatic heterocycles. The molecule has 2 aromatic rings. The fourth-order valence-electron chi connectivity index (χ4n) is 3.62. The van der Waals surface area contributed by atoms with Gasteiger partial charge in [0.2, 0.25) is 0 Å². The number of hydrogen-bond donors (Lipinski definition) is 2. The van der Waals surface area contributed by atoms with Gasteiger partial charge in [-0.2, -0.15) is 0 Å². The van der Waals surface area contributed by atoms with Gasteiger partial charge in [-0.15, -0.1) is 0 Å². The Morgan fingerprint density at radius 2 is 2.17 bits per heavy atom. The molecule has 0 aromatic carbocycles. The van der Waals surface area contributed by atoms with E-state index < -0.39 is 0 Å². The zero-order valence-electron chi connectivity index (χ0n) is 13.4. The molecular weight excluding hydrogens is 292 g/mol. The molecule has 23 heavy (non-hydrogen) atoms. The standard InChI is InChI=1S/C17H22N4O2/c1-10-14-12(15(22)20-17(9-18)6-2-3-7-17)8-13(11-4-5-11)19-16(14)23-21-10/h8,11H,2-7,9,18H2,1H3,(H,20,22). The Kier molecular flexibility index (Phi) is 3.37. The number of nitrogens with one attached hydrogen (secondary N) is 1. The lowest BCUT2D eigenvalue weighted by Gasteiger charge is -2.28. The van der Waals surface area contributed by atoms with Crippen molar-refractivity contribution in [3.63, 3.8) is 0 Å². The zero-order valence-corrected chi connectivity index (χ0v) is 13.4. The summed E-state index contributed by atoms with van der Waals surface area (Å²) in [5.41, 5.74) is 8.40. The van der Waals surface area contributed by atoms with Crippen molar-refractivity contribution < 1.29 is 9.32 Å². The van der Waals surface area contributed by atoms with Crippen LogP contribution in [0.3, 0.4) is 0 Å². The van der Waals surface area contributed by atoms with Crippen LogP contribution in [0.25, 0.3) is 11.1 Å². The van der Waals surface area contributed by atoms with Crippen LogP contribution in [0.1, 0.15) is 66.2 Å². The smallest absolute Gasteiger partial charge is 0.259 e. The van der Waals surface area contributed by atoms with E-state index in [1.54, 1.807) is 0 Å². The third kappa shape index (κ3) is 2.51. The van der Waals surface area contributed by atoms with Crippen LogP contribution in [0.15, 0.2) is 10.6 Å². The first-order valence-corrected chi connectivity index (χ1v) is 8.41. The first-order valence-electron chi connectivity index (χ1n) is 8.41.